The lowest BCUT2D eigenvalue weighted by molar-refractivity contribution is 0.0490. The van der Waals surface area contributed by atoms with Crippen molar-refractivity contribution in [3.05, 3.63) is 23.3 Å². The molecule has 1 aliphatic rings. The molecule has 2 aromatic rings. The van der Waals surface area contributed by atoms with Crippen LogP contribution < -0.4 is 0 Å². The third-order valence-electron chi connectivity index (χ3n) is 7.54. The molecule has 1 aliphatic heterocycles. The molecular weight excluding hydrogens is 452 g/mol. The average Bonchev–Trinajstić information content (AvgIpc) is 3.50. The van der Waals surface area contributed by atoms with Crippen molar-refractivity contribution in [3.63, 3.8) is 0 Å². The first-order valence-electron chi connectivity index (χ1n) is 14.6. The van der Waals surface area contributed by atoms with Crippen molar-refractivity contribution in [2.75, 3.05) is 39.8 Å². The molecule has 202 valence electrons. The molecule has 0 N–H and O–H groups in total. The molecule has 0 unspecified atom stereocenters. The minimum atomic E-state index is -0.438. The Kier molecular flexibility index (Phi) is 12.6. The number of unbranched alkanes of at least 4 members (excludes halogenated alkanes) is 14. The molecule has 3 heterocycles. The van der Waals surface area contributed by atoms with Gasteiger partial charge in [0.1, 0.15) is 22.3 Å². The number of likely N-dealkylation sites (N-methyl/N-ethyl adjacent to an activating group) is 1. The fourth-order valence-electron chi connectivity index (χ4n) is 5.15. The fraction of sp³-hybridized carbons (Fsp3) is 0.733. The Bertz CT molecular complexity index is 885. The number of carbonyl (C=O) groups is 2. The number of benzene rings is 1. The van der Waals surface area contributed by atoms with E-state index >= 15 is 0 Å². The maximum atomic E-state index is 13.1. The third-order valence-corrected chi connectivity index (χ3v) is 7.54. The van der Waals surface area contributed by atoms with Crippen LogP contribution in [0.1, 0.15) is 124 Å². The fourth-order valence-corrected chi connectivity index (χ4v) is 5.15. The van der Waals surface area contributed by atoms with Crippen LogP contribution in [-0.2, 0) is 4.74 Å². The van der Waals surface area contributed by atoms with E-state index in [1.807, 2.05) is 4.90 Å². The number of piperazine rings is 1. The zero-order valence-electron chi connectivity index (χ0n) is 22.8. The molecule has 1 amide bonds. The van der Waals surface area contributed by atoms with E-state index in [1.165, 1.54) is 83.5 Å². The molecule has 3 rings (SSSR count). The van der Waals surface area contributed by atoms with E-state index < -0.39 is 5.97 Å². The number of nitrogens with zero attached hydrogens (tertiary/aromatic N) is 2. The number of hydrogen-bond acceptors (Lipinski definition) is 5. The summed E-state index contributed by atoms with van der Waals surface area (Å²) >= 11 is 0. The van der Waals surface area contributed by atoms with Crippen molar-refractivity contribution in [1.29, 1.82) is 0 Å². The van der Waals surface area contributed by atoms with Crippen LogP contribution in [0.3, 0.4) is 0 Å². The smallest absolute Gasteiger partial charge is 0.342 e. The van der Waals surface area contributed by atoms with Crippen LogP contribution >= 0.6 is 0 Å². The van der Waals surface area contributed by atoms with E-state index in [-0.39, 0.29) is 5.91 Å². The van der Waals surface area contributed by atoms with E-state index in [0.29, 0.717) is 42.0 Å². The van der Waals surface area contributed by atoms with Gasteiger partial charge in [-0.05, 0) is 25.6 Å². The molecule has 1 saturated heterocycles. The largest absolute Gasteiger partial charge is 0.462 e. The van der Waals surface area contributed by atoms with Crippen molar-refractivity contribution < 1.29 is 18.7 Å². The molecule has 0 atom stereocenters. The van der Waals surface area contributed by atoms with Gasteiger partial charge >= 0.3 is 5.97 Å². The number of rotatable bonds is 18. The van der Waals surface area contributed by atoms with Gasteiger partial charge in [0.2, 0.25) is 0 Å². The van der Waals surface area contributed by atoms with Crippen LogP contribution in [-0.4, -0.2) is 61.5 Å². The van der Waals surface area contributed by atoms with Gasteiger partial charge in [-0.3, -0.25) is 4.79 Å². The van der Waals surface area contributed by atoms with Crippen LogP contribution in [0.15, 0.2) is 16.5 Å². The molecular formula is C30H48N2O4. The van der Waals surface area contributed by atoms with Gasteiger partial charge in [0.05, 0.1) is 6.61 Å². The van der Waals surface area contributed by atoms with E-state index in [1.54, 1.807) is 12.1 Å². The van der Waals surface area contributed by atoms with E-state index in [9.17, 15) is 9.59 Å². The number of fused-ring (bicyclic) bond motifs is 2. The molecule has 0 aliphatic carbocycles. The molecule has 2 aromatic heterocycles. The zero-order valence-corrected chi connectivity index (χ0v) is 22.8. The number of carbonyl (C=O) groups excluding carboxylic acids is 2. The summed E-state index contributed by atoms with van der Waals surface area (Å²) in [7, 11) is 2.05. The van der Waals surface area contributed by atoms with Gasteiger partial charge in [-0.15, -0.1) is 0 Å². The average molecular weight is 501 g/mol. The zero-order chi connectivity index (χ0) is 25.6. The van der Waals surface area contributed by atoms with Crippen molar-refractivity contribution in [2.24, 2.45) is 0 Å². The predicted octanol–water partition coefficient (Wildman–Crippen LogP) is 7.29. The highest BCUT2D eigenvalue weighted by Crippen LogP contribution is 2.31. The summed E-state index contributed by atoms with van der Waals surface area (Å²) in [5.74, 6) is -0.566. The van der Waals surface area contributed by atoms with Crippen LogP contribution in [0.25, 0.3) is 11.2 Å². The van der Waals surface area contributed by atoms with Gasteiger partial charge in [0, 0.05) is 26.2 Å². The standard InChI is InChI=1S/C30H48N2O4/c1-3-4-5-6-7-8-9-10-11-12-13-14-15-16-17-24-35-30(34)28-26-19-18-25(36-26)27(28)29(33)32-22-20-31(2)21-23-32/h18-19H,3-17,20-24H2,1-2H3. The van der Waals surface area contributed by atoms with Crippen molar-refractivity contribution in [1.82, 2.24) is 9.80 Å². The molecule has 0 radical (unpaired) electrons. The summed E-state index contributed by atoms with van der Waals surface area (Å²) in [6.45, 7) is 5.65. The van der Waals surface area contributed by atoms with E-state index in [0.717, 1.165) is 25.9 Å². The Hall–Kier alpha value is -2.08. The Morgan fingerprint density at radius 1 is 0.722 bits per heavy atom. The van der Waals surface area contributed by atoms with Gasteiger partial charge in [0.15, 0.2) is 0 Å². The summed E-state index contributed by atoms with van der Waals surface area (Å²) in [6.07, 6.45) is 19.6. The van der Waals surface area contributed by atoms with Crippen LogP contribution in [0.5, 0.6) is 0 Å². The van der Waals surface area contributed by atoms with Crippen molar-refractivity contribution in [3.8, 4) is 0 Å². The summed E-state index contributed by atoms with van der Waals surface area (Å²) in [4.78, 5) is 30.0. The Balaban J connectivity index is 1.24. The molecule has 6 nitrogen and oxygen atoms in total. The molecule has 1 fully saturated rings. The highest BCUT2D eigenvalue weighted by molar-refractivity contribution is 6.14. The van der Waals surface area contributed by atoms with Gasteiger partial charge in [-0.2, -0.15) is 0 Å². The summed E-state index contributed by atoms with van der Waals surface area (Å²) in [5.41, 5.74) is 1.60. The number of esters is 1. The van der Waals surface area contributed by atoms with E-state index in [2.05, 4.69) is 18.9 Å². The lowest BCUT2D eigenvalue weighted by Gasteiger charge is -2.32. The molecule has 36 heavy (non-hydrogen) atoms. The summed E-state index contributed by atoms with van der Waals surface area (Å²) in [5, 5.41) is 0. The van der Waals surface area contributed by atoms with Crippen LogP contribution in [0.2, 0.25) is 0 Å². The third kappa shape index (κ3) is 8.79. The number of ether oxygens (including phenoxy) is 1. The maximum absolute atomic E-state index is 13.1. The van der Waals surface area contributed by atoms with Crippen LogP contribution in [0, 0.1) is 0 Å². The van der Waals surface area contributed by atoms with Gasteiger partial charge in [0.25, 0.3) is 5.91 Å². The normalized spacial score (nSPS) is 14.7. The highest BCUT2D eigenvalue weighted by Gasteiger charge is 2.32. The molecule has 0 aromatic carbocycles. The quantitative estimate of drug-likeness (QED) is 0.159. The lowest BCUT2D eigenvalue weighted by atomic mass is 10.0. The molecule has 6 heteroatoms. The second kappa shape index (κ2) is 15.9. The molecule has 2 bridgehead atoms. The van der Waals surface area contributed by atoms with Gasteiger partial charge < -0.3 is 19.0 Å². The number of hydrogen-bond donors (Lipinski definition) is 0. The molecule has 0 spiro atoms. The maximum Gasteiger partial charge on any atom is 0.342 e. The van der Waals surface area contributed by atoms with Gasteiger partial charge in [-0.25, -0.2) is 4.79 Å². The minimum Gasteiger partial charge on any atom is -0.462 e. The highest BCUT2D eigenvalue weighted by atomic mass is 16.5. The van der Waals surface area contributed by atoms with Crippen molar-refractivity contribution in [2.45, 2.75) is 103 Å². The summed E-state index contributed by atoms with van der Waals surface area (Å²) in [6, 6.07) is 3.52. The lowest BCUT2D eigenvalue weighted by Crippen LogP contribution is -2.47. The second-order valence-corrected chi connectivity index (χ2v) is 10.6. The second-order valence-electron chi connectivity index (χ2n) is 10.6. The number of furan rings is 2. The van der Waals surface area contributed by atoms with Crippen LogP contribution in [0.4, 0.5) is 0 Å². The van der Waals surface area contributed by atoms with E-state index in [4.69, 9.17) is 9.15 Å². The topological polar surface area (TPSA) is 63.0 Å². The first kappa shape index (κ1) is 28.5. The summed E-state index contributed by atoms with van der Waals surface area (Å²) < 4.78 is 11.2. The SMILES string of the molecule is CCCCCCCCCCCCCCCCCOC(=O)c1c(C(=O)N2CCN(C)CC2)c2ccc1o2. The molecule has 0 saturated carbocycles. The van der Waals surface area contributed by atoms with Gasteiger partial charge in [-0.1, -0.05) is 96.8 Å². The van der Waals surface area contributed by atoms with Crippen molar-refractivity contribution >= 4 is 23.0 Å². The minimum absolute atomic E-state index is 0.128. The Labute approximate surface area is 218 Å². The predicted molar refractivity (Wildman–Crippen MR) is 146 cm³/mol. The Morgan fingerprint density at radius 3 is 1.72 bits per heavy atom. The Morgan fingerprint density at radius 2 is 1.19 bits per heavy atom. The first-order chi connectivity index (χ1) is 17.6. The number of amides is 1. The first-order valence-corrected chi connectivity index (χ1v) is 14.6. The monoisotopic (exact) mass is 500 g/mol.